The fraction of sp³-hybridized carbons (Fsp3) is 0.769. The molecule has 1 fully saturated rings. The van der Waals surface area contributed by atoms with Gasteiger partial charge in [-0.05, 0) is 45.4 Å². The molecule has 0 bridgehead atoms. The molecule has 1 heterocycles. The first-order valence-corrected chi connectivity index (χ1v) is 6.69. The number of nitrogens with zero attached hydrogens (tertiary/aromatic N) is 4. The van der Waals surface area contributed by atoms with E-state index in [1.807, 2.05) is 18.2 Å². The molecular formula is C13H20N6. The minimum atomic E-state index is -1.65. The van der Waals surface area contributed by atoms with Gasteiger partial charge in [0.2, 0.25) is 0 Å². The van der Waals surface area contributed by atoms with E-state index < -0.39 is 5.54 Å². The summed E-state index contributed by atoms with van der Waals surface area (Å²) in [7, 11) is 0. The molecule has 0 saturated carbocycles. The van der Waals surface area contributed by atoms with E-state index >= 15 is 0 Å². The molecular weight excluding hydrogens is 240 g/mol. The Hall–Kier alpha value is -1.65. The lowest BCUT2D eigenvalue weighted by atomic mass is 10.0. The Morgan fingerprint density at radius 3 is 1.58 bits per heavy atom. The molecule has 0 atom stereocenters. The Labute approximate surface area is 114 Å². The SMILES string of the molecule is N#CC(C#N)(C#N)N1CCCNCCCNCCC1. The molecule has 2 N–H and O–H groups in total. The third-order valence-electron chi connectivity index (χ3n) is 3.23. The first-order valence-electron chi connectivity index (χ1n) is 6.69. The molecule has 0 spiro atoms. The van der Waals surface area contributed by atoms with Crippen LogP contribution in [-0.2, 0) is 0 Å². The molecule has 1 rings (SSSR count). The lowest BCUT2D eigenvalue weighted by molar-refractivity contribution is 0.215. The largest absolute Gasteiger partial charge is 0.317 e. The average molecular weight is 260 g/mol. The second-order valence-corrected chi connectivity index (χ2v) is 4.59. The number of nitrogens with one attached hydrogen (secondary N) is 2. The summed E-state index contributed by atoms with van der Waals surface area (Å²) in [6.07, 6.45) is 2.77. The summed E-state index contributed by atoms with van der Waals surface area (Å²) in [5.74, 6) is 0. The number of rotatable bonds is 1. The number of nitriles is 3. The molecule has 0 aromatic rings. The molecule has 1 saturated heterocycles. The van der Waals surface area contributed by atoms with Gasteiger partial charge >= 0.3 is 0 Å². The highest BCUT2D eigenvalue weighted by molar-refractivity contribution is 5.34. The highest BCUT2D eigenvalue weighted by Crippen LogP contribution is 2.14. The first-order chi connectivity index (χ1) is 9.29. The van der Waals surface area contributed by atoms with E-state index in [4.69, 9.17) is 15.8 Å². The third-order valence-corrected chi connectivity index (χ3v) is 3.23. The van der Waals surface area contributed by atoms with E-state index in [-0.39, 0.29) is 0 Å². The van der Waals surface area contributed by atoms with Gasteiger partial charge in [-0.2, -0.15) is 15.8 Å². The van der Waals surface area contributed by atoms with E-state index in [1.54, 1.807) is 4.90 Å². The van der Waals surface area contributed by atoms with Crippen LogP contribution in [0.5, 0.6) is 0 Å². The number of hydrogen-bond acceptors (Lipinski definition) is 6. The Morgan fingerprint density at radius 2 is 1.16 bits per heavy atom. The van der Waals surface area contributed by atoms with Gasteiger partial charge in [-0.15, -0.1) is 0 Å². The molecule has 6 heteroatoms. The van der Waals surface area contributed by atoms with Crippen molar-refractivity contribution in [1.29, 1.82) is 15.8 Å². The zero-order valence-electron chi connectivity index (χ0n) is 11.2. The Balaban J connectivity index is 2.69. The monoisotopic (exact) mass is 260 g/mol. The quantitative estimate of drug-likeness (QED) is 0.686. The van der Waals surface area contributed by atoms with Gasteiger partial charge in [-0.3, -0.25) is 4.90 Å². The molecule has 0 radical (unpaired) electrons. The lowest BCUT2D eigenvalue weighted by Gasteiger charge is -2.28. The van der Waals surface area contributed by atoms with Crippen molar-refractivity contribution in [2.75, 3.05) is 39.3 Å². The fourth-order valence-electron chi connectivity index (χ4n) is 2.11. The average Bonchev–Trinajstić information content (AvgIpc) is 2.43. The van der Waals surface area contributed by atoms with E-state index in [9.17, 15) is 0 Å². The molecule has 0 unspecified atom stereocenters. The van der Waals surface area contributed by atoms with Crippen molar-refractivity contribution in [2.24, 2.45) is 0 Å². The summed E-state index contributed by atoms with van der Waals surface area (Å²) in [5, 5.41) is 34.1. The van der Waals surface area contributed by atoms with Gasteiger partial charge in [0.15, 0.2) is 0 Å². The van der Waals surface area contributed by atoms with Crippen molar-refractivity contribution in [3.05, 3.63) is 0 Å². The van der Waals surface area contributed by atoms with Crippen LogP contribution in [0.4, 0.5) is 0 Å². The van der Waals surface area contributed by atoms with Gasteiger partial charge in [0.25, 0.3) is 5.54 Å². The van der Waals surface area contributed by atoms with Gasteiger partial charge in [0.1, 0.15) is 18.2 Å². The van der Waals surface area contributed by atoms with Crippen molar-refractivity contribution in [3.63, 3.8) is 0 Å². The molecule has 0 aromatic heterocycles. The molecule has 1 aliphatic heterocycles. The van der Waals surface area contributed by atoms with Crippen LogP contribution in [0.15, 0.2) is 0 Å². The molecule has 102 valence electrons. The molecule has 19 heavy (non-hydrogen) atoms. The first kappa shape index (κ1) is 15.4. The van der Waals surface area contributed by atoms with Gasteiger partial charge in [0.05, 0.1) is 0 Å². The van der Waals surface area contributed by atoms with Gasteiger partial charge < -0.3 is 10.6 Å². The van der Waals surface area contributed by atoms with Crippen LogP contribution in [0.2, 0.25) is 0 Å². The van der Waals surface area contributed by atoms with E-state index in [2.05, 4.69) is 10.6 Å². The second-order valence-electron chi connectivity index (χ2n) is 4.59. The van der Waals surface area contributed by atoms with E-state index in [1.165, 1.54) is 0 Å². The molecule has 0 aliphatic carbocycles. The Bertz CT molecular complexity index is 337. The van der Waals surface area contributed by atoms with Gasteiger partial charge in [-0.1, -0.05) is 0 Å². The van der Waals surface area contributed by atoms with E-state index in [0.29, 0.717) is 13.1 Å². The van der Waals surface area contributed by atoms with Crippen molar-refractivity contribution >= 4 is 0 Å². The van der Waals surface area contributed by atoms with E-state index in [0.717, 1.165) is 45.4 Å². The maximum atomic E-state index is 9.15. The normalized spacial score (nSPS) is 20.1. The zero-order valence-corrected chi connectivity index (χ0v) is 11.2. The summed E-state index contributed by atoms with van der Waals surface area (Å²) < 4.78 is 0. The maximum Gasteiger partial charge on any atom is 0.282 e. The summed E-state index contributed by atoms with van der Waals surface area (Å²) in [6.45, 7) is 4.78. The molecule has 0 amide bonds. The van der Waals surface area contributed by atoms with Crippen LogP contribution < -0.4 is 10.6 Å². The van der Waals surface area contributed by atoms with Gasteiger partial charge in [0, 0.05) is 13.1 Å². The van der Waals surface area contributed by atoms with Crippen LogP contribution in [0.25, 0.3) is 0 Å². The summed E-state index contributed by atoms with van der Waals surface area (Å²) >= 11 is 0. The van der Waals surface area contributed by atoms with Crippen LogP contribution in [0.3, 0.4) is 0 Å². The van der Waals surface area contributed by atoms with Crippen molar-refractivity contribution in [2.45, 2.75) is 24.8 Å². The van der Waals surface area contributed by atoms with Crippen LogP contribution in [0, 0.1) is 34.0 Å². The minimum Gasteiger partial charge on any atom is -0.317 e. The smallest absolute Gasteiger partial charge is 0.282 e. The van der Waals surface area contributed by atoms with Crippen molar-refractivity contribution in [3.8, 4) is 18.2 Å². The van der Waals surface area contributed by atoms with Crippen LogP contribution in [0.1, 0.15) is 19.3 Å². The second kappa shape index (κ2) is 8.45. The molecule has 6 nitrogen and oxygen atoms in total. The predicted molar refractivity (Wildman–Crippen MR) is 70.7 cm³/mol. The zero-order chi connectivity index (χ0) is 14.0. The topological polar surface area (TPSA) is 98.7 Å². The highest BCUT2D eigenvalue weighted by Gasteiger charge is 2.37. The Kier molecular flexibility index (Phi) is 6.85. The third kappa shape index (κ3) is 4.50. The number of hydrogen-bond donors (Lipinski definition) is 2. The Morgan fingerprint density at radius 1 is 0.737 bits per heavy atom. The van der Waals surface area contributed by atoms with Gasteiger partial charge in [-0.25, -0.2) is 0 Å². The minimum absolute atomic E-state index is 0.585. The fourth-order valence-corrected chi connectivity index (χ4v) is 2.11. The van der Waals surface area contributed by atoms with Crippen molar-refractivity contribution in [1.82, 2.24) is 15.5 Å². The summed E-state index contributed by atoms with van der Waals surface area (Å²) in [4.78, 5) is 1.69. The summed E-state index contributed by atoms with van der Waals surface area (Å²) in [5.41, 5.74) is -1.65. The highest BCUT2D eigenvalue weighted by atomic mass is 15.2. The van der Waals surface area contributed by atoms with Crippen LogP contribution >= 0.6 is 0 Å². The summed E-state index contributed by atoms with van der Waals surface area (Å²) in [6, 6.07) is 5.58. The molecule has 1 aliphatic rings. The van der Waals surface area contributed by atoms with Crippen molar-refractivity contribution < 1.29 is 0 Å². The van der Waals surface area contributed by atoms with Crippen LogP contribution in [-0.4, -0.2) is 49.7 Å². The standard InChI is InChI=1S/C13H20N6/c14-10-13(11-15,12-16)19-8-2-6-17-4-1-5-18-7-3-9-19/h17-18H,1-9H2. The molecule has 0 aromatic carbocycles. The lowest BCUT2D eigenvalue weighted by Crippen LogP contribution is -2.47. The predicted octanol–water partition coefficient (Wildman–Crippen LogP) is -0.0390. The maximum absolute atomic E-state index is 9.15.